The highest BCUT2D eigenvalue weighted by Crippen LogP contribution is 2.25. The fourth-order valence-electron chi connectivity index (χ4n) is 3.86. The van der Waals surface area contributed by atoms with Gasteiger partial charge in [-0.2, -0.15) is 0 Å². The van der Waals surface area contributed by atoms with Gasteiger partial charge in [-0.15, -0.1) is 0 Å². The standard InChI is InChI=1S/C25H26ClN3O3S/c26-22-11-13-23(14-12-22)29(33(31,32)24-9-5-2-6-10-24)20-25(30)28-17-15-27(16-18-28)19-21-7-3-1-4-8-21/h1-14H,15-20H2. The van der Waals surface area contributed by atoms with Gasteiger partial charge in [0.1, 0.15) is 6.54 Å². The maximum Gasteiger partial charge on any atom is 0.264 e. The van der Waals surface area contributed by atoms with Crippen LogP contribution >= 0.6 is 11.6 Å². The number of hydrogen-bond acceptors (Lipinski definition) is 4. The van der Waals surface area contributed by atoms with E-state index in [-0.39, 0.29) is 17.3 Å². The maximum absolute atomic E-state index is 13.4. The van der Waals surface area contributed by atoms with E-state index >= 15 is 0 Å². The van der Waals surface area contributed by atoms with Gasteiger partial charge in [-0.3, -0.25) is 14.0 Å². The van der Waals surface area contributed by atoms with Crippen molar-refractivity contribution < 1.29 is 13.2 Å². The molecule has 172 valence electrons. The number of piperazine rings is 1. The molecule has 0 spiro atoms. The first kappa shape index (κ1) is 23.3. The Balaban J connectivity index is 1.47. The monoisotopic (exact) mass is 483 g/mol. The summed E-state index contributed by atoms with van der Waals surface area (Å²) >= 11 is 6.00. The largest absolute Gasteiger partial charge is 0.339 e. The Morgan fingerprint density at radius 2 is 1.39 bits per heavy atom. The van der Waals surface area contributed by atoms with Crippen LogP contribution in [0.2, 0.25) is 5.02 Å². The number of carbonyl (C=O) groups is 1. The molecule has 6 nitrogen and oxygen atoms in total. The molecule has 3 aromatic rings. The molecule has 0 aliphatic carbocycles. The lowest BCUT2D eigenvalue weighted by molar-refractivity contribution is -0.131. The molecule has 8 heteroatoms. The fourth-order valence-corrected chi connectivity index (χ4v) is 5.42. The summed E-state index contributed by atoms with van der Waals surface area (Å²) in [5.41, 5.74) is 1.64. The first-order chi connectivity index (χ1) is 15.9. The van der Waals surface area contributed by atoms with Crippen LogP contribution in [0.25, 0.3) is 0 Å². The highest BCUT2D eigenvalue weighted by Gasteiger charge is 2.30. The number of rotatable bonds is 7. The van der Waals surface area contributed by atoms with E-state index in [0.29, 0.717) is 23.8 Å². The van der Waals surface area contributed by atoms with Gasteiger partial charge in [-0.05, 0) is 42.0 Å². The Morgan fingerprint density at radius 3 is 2.00 bits per heavy atom. The summed E-state index contributed by atoms with van der Waals surface area (Å²) in [6.07, 6.45) is 0. The second kappa shape index (κ2) is 10.4. The van der Waals surface area contributed by atoms with E-state index in [1.165, 1.54) is 17.7 Å². The molecular weight excluding hydrogens is 458 g/mol. The fraction of sp³-hybridized carbons (Fsp3) is 0.240. The summed E-state index contributed by atoms with van der Waals surface area (Å²) < 4.78 is 28.0. The van der Waals surface area contributed by atoms with Gasteiger partial charge in [0.15, 0.2) is 0 Å². The molecule has 0 saturated carbocycles. The molecule has 1 saturated heterocycles. The van der Waals surface area contributed by atoms with Gasteiger partial charge in [0.25, 0.3) is 10.0 Å². The summed E-state index contributed by atoms with van der Waals surface area (Å²) in [5.74, 6) is -0.219. The molecule has 1 aliphatic heterocycles. The van der Waals surface area contributed by atoms with Crippen LogP contribution in [-0.2, 0) is 21.4 Å². The van der Waals surface area contributed by atoms with Crippen molar-refractivity contribution in [3.63, 3.8) is 0 Å². The molecule has 3 aromatic carbocycles. The molecule has 1 amide bonds. The lowest BCUT2D eigenvalue weighted by atomic mass is 10.2. The number of benzene rings is 3. The molecule has 1 heterocycles. The summed E-state index contributed by atoms with van der Waals surface area (Å²) in [7, 11) is -3.92. The van der Waals surface area contributed by atoms with Crippen LogP contribution in [0.4, 0.5) is 5.69 Å². The van der Waals surface area contributed by atoms with Crippen LogP contribution < -0.4 is 4.31 Å². The Labute approximate surface area is 200 Å². The Hall–Kier alpha value is -2.87. The van der Waals surface area contributed by atoms with Crippen molar-refractivity contribution in [2.75, 3.05) is 37.0 Å². The van der Waals surface area contributed by atoms with Crippen molar-refractivity contribution in [1.82, 2.24) is 9.80 Å². The number of hydrogen-bond donors (Lipinski definition) is 0. The predicted molar refractivity (Wildman–Crippen MR) is 131 cm³/mol. The number of amides is 1. The maximum atomic E-state index is 13.4. The second-order valence-electron chi connectivity index (χ2n) is 7.94. The highest BCUT2D eigenvalue weighted by molar-refractivity contribution is 7.92. The lowest BCUT2D eigenvalue weighted by Crippen LogP contribution is -2.51. The molecule has 0 radical (unpaired) electrons. The summed E-state index contributed by atoms with van der Waals surface area (Å²) in [5, 5.41) is 0.497. The van der Waals surface area contributed by atoms with Gasteiger partial charge in [-0.1, -0.05) is 60.1 Å². The topological polar surface area (TPSA) is 60.9 Å². The van der Waals surface area contributed by atoms with Crippen molar-refractivity contribution in [3.05, 3.63) is 95.5 Å². The van der Waals surface area contributed by atoms with E-state index < -0.39 is 10.0 Å². The van der Waals surface area contributed by atoms with Gasteiger partial charge in [0, 0.05) is 37.7 Å². The number of halogens is 1. The second-order valence-corrected chi connectivity index (χ2v) is 10.2. The number of sulfonamides is 1. The zero-order chi connectivity index (χ0) is 23.3. The molecule has 0 aromatic heterocycles. The zero-order valence-electron chi connectivity index (χ0n) is 18.2. The van der Waals surface area contributed by atoms with Crippen molar-refractivity contribution >= 4 is 33.2 Å². The Bertz CT molecular complexity index is 1160. The van der Waals surface area contributed by atoms with Crippen molar-refractivity contribution in [1.29, 1.82) is 0 Å². The van der Waals surface area contributed by atoms with E-state index in [4.69, 9.17) is 11.6 Å². The van der Waals surface area contributed by atoms with E-state index in [1.54, 1.807) is 47.4 Å². The van der Waals surface area contributed by atoms with Crippen molar-refractivity contribution in [2.45, 2.75) is 11.4 Å². The molecule has 0 N–H and O–H groups in total. The van der Waals surface area contributed by atoms with Crippen LogP contribution in [-0.4, -0.2) is 56.8 Å². The Morgan fingerprint density at radius 1 is 0.818 bits per heavy atom. The molecule has 0 unspecified atom stereocenters. The number of anilines is 1. The Kier molecular flexibility index (Phi) is 7.33. The minimum atomic E-state index is -3.92. The molecule has 33 heavy (non-hydrogen) atoms. The van der Waals surface area contributed by atoms with Gasteiger partial charge in [0.2, 0.25) is 5.91 Å². The minimum absolute atomic E-state index is 0.139. The zero-order valence-corrected chi connectivity index (χ0v) is 19.8. The quantitative estimate of drug-likeness (QED) is 0.511. The van der Waals surface area contributed by atoms with Crippen molar-refractivity contribution in [2.24, 2.45) is 0 Å². The van der Waals surface area contributed by atoms with E-state index in [9.17, 15) is 13.2 Å². The highest BCUT2D eigenvalue weighted by atomic mass is 35.5. The van der Waals surface area contributed by atoms with E-state index in [0.717, 1.165) is 23.9 Å². The smallest absolute Gasteiger partial charge is 0.264 e. The third-order valence-electron chi connectivity index (χ3n) is 5.70. The average molecular weight is 484 g/mol. The molecule has 1 fully saturated rings. The molecule has 4 rings (SSSR count). The first-order valence-corrected chi connectivity index (χ1v) is 12.6. The van der Waals surface area contributed by atoms with Crippen molar-refractivity contribution in [3.8, 4) is 0 Å². The average Bonchev–Trinajstić information content (AvgIpc) is 2.85. The van der Waals surface area contributed by atoms with Crippen LogP contribution in [0.15, 0.2) is 89.8 Å². The molecule has 1 aliphatic rings. The lowest BCUT2D eigenvalue weighted by Gasteiger charge is -2.36. The third kappa shape index (κ3) is 5.74. The number of carbonyl (C=O) groups excluding carboxylic acids is 1. The summed E-state index contributed by atoms with van der Waals surface area (Å²) in [4.78, 5) is 17.3. The third-order valence-corrected chi connectivity index (χ3v) is 7.74. The van der Waals surface area contributed by atoms with Crippen LogP contribution in [0.1, 0.15) is 5.56 Å². The van der Waals surface area contributed by atoms with Crippen LogP contribution in [0.3, 0.4) is 0 Å². The first-order valence-electron chi connectivity index (χ1n) is 10.8. The van der Waals surface area contributed by atoms with E-state index in [1.807, 2.05) is 18.2 Å². The minimum Gasteiger partial charge on any atom is -0.339 e. The van der Waals surface area contributed by atoms with Gasteiger partial charge < -0.3 is 4.90 Å². The summed E-state index contributed by atoms with van der Waals surface area (Å²) in [6.45, 7) is 3.18. The van der Waals surface area contributed by atoms with Gasteiger partial charge in [0.05, 0.1) is 10.6 Å². The normalized spacial score (nSPS) is 14.8. The molecule has 0 atom stereocenters. The molecule has 0 bridgehead atoms. The van der Waals surface area contributed by atoms with Gasteiger partial charge in [-0.25, -0.2) is 8.42 Å². The number of nitrogens with zero attached hydrogens (tertiary/aromatic N) is 3. The SMILES string of the molecule is O=C(CN(c1ccc(Cl)cc1)S(=O)(=O)c1ccccc1)N1CCN(Cc2ccccc2)CC1. The summed E-state index contributed by atoms with van der Waals surface area (Å²) in [6, 6.07) is 24.9. The van der Waals surface area contributed by atoms with E-state index in [2.05, 4.69) is 17.0 Å². The molecular formula is C25H26ClN3O3S. The van der Waals surface area contributed by atoms with Crippen LogP contribution in [0.5, 0.6) is 0 Å². The predicted octanol–water partition coefficient (Wildman–Crippen LogP) is 3.88. The van der Waals surface area contributed by atoms with Gasteiger partial charge >= 0.3 is 0 Å². The van der Waals surface area contributed by atoms with Crippen LogP contribution in [0, 0.1) is 0 Å².